The monoisotopic (exact) mass is 553 g/mol. The van der Waals surface area contributed by atoms with Crippen LogP contribution in [-0.2, 0) is 11.2 Å². The van der Waals surface area contributed by atoms with Crippen molar-refractivity contribution >= 4 is 14.2 Å². The lowest BCUT2D eigenvalue weighted by molar-refractivity contribution is -0.138. The van der Waals surface area contributed by atoms with E-state index in [1.165, 1.54) is 0 Å². The summed E-state index contributed by atoms with van der Waals surface area (Å²) in [6, 6.07) is 15.1. The largest absolute Gasteiger partial charge is 0.540 e. The molecule has 2 aromatic rings. The number of likely N-dealkylation sites (N-methyl/N-ethyl adjacent to an activating group) is 1. The number of aliphatic hydroxyl groups excluding tert-OH is 1. The van der Waals surface area contributed by atoms with E-state index < -0.39 is 14.4 Å². The van der Waals surface area contributed by atoms with Crippen LogP contribution in [0.2, 0.25) is 16.6 Å². The van der Waals surface area contributed by atoms with Crippen LogP contribution in [0.25, 0.3) is 0 Å². The highest BCUT2D eigenvalue weighted by atomic mass is 28.4. The first-order valence-corrected chi connectivity index (χ1v) is 16.6. The van der Waals surface area contributed by atoms with Crippen molar-refractivity contribution in [3.63, 3.8) is 0 Å². The van der Waals surface area contributed by atoms with Gasteiger partial charge in [0.1, 0.15) is 5.75 Å². The molecular weight excluding hydrogens is 502 g/mol. The van der Waals surface area contributed by atoms with Gasteiger partial charge >= 0.3 is 0 Å². The van der Waals surface area contributed by atoms with E-state index in [4.69, 9.17) is 9.16 Å². The second-order valence-electron chi connectivity index (χ2n) is 11.6. The van der Waals surface area contributed by atoms with Crippen LogP contribution in [0, 0.1) is 5.92 Å². The van der Waals surface area contributed by atoms with Crippen molar-refractivity contribution in [2.75, 3.05) is 13.7 Å². The third-order valence-electron chi connectivity index (χ3n) is 8.17. The van der Waals surface area contributed by atoms with Gasteiger partial charge in [-0.05, 0) is 60.5 Å². The van der Waals surface area contributed by atoms with E-state index in [0.29, 0.717) is 36.1 Å². The van der Waals surface area contributed by atoms with Gasteiger partial charge < -0.3 is 19.2 Å². The molecule has 6 heteroatoms. The molecule has 0 saturated carbocycles. The number of benzene rings is 2. The highest BCUT2D eigenvalue weighted by Crippen LogP contribution is 2.45. The molecule has 0 aliphatic rings. The number of ether oxygens (including phenoxy) is 1. The average molecular weight is 554 g/mol. The molecule has 3 atom stereocenters. The zero-order valence-corrected chi connectivity index (χ0v) is 26.6. The summed E-state index contributed by atoms with van der Waals surface area (Å²) in [5, 5.41) is 11.0. The number of hydrogen-bond acceptors (Lipinski definition) is 4. The van der Waals surface area contributed by atoms with Crippen molar-refractivity contribution in [3.05, 3.63) is 72.3 Å². The topological polar surface area (TPSA) is 59.0 Å². The van der Waals surface area contributed by atoms with E-state index >= 15 is 0 Å². The van der Waals surface area contributed by atoms with Gasteiger partial charge in [0.2, 0.25) is 5.91 Å². The first-order valence-electron chi connectivity index (χ1n) is 14.5. The van der Waals surface area contributed by atoms with Crippen LogP contribution in [0.1, 0.15) is 79.0 Å². The zero-order chi connectivity index (χ0) is 29.3. The molecular formula is C33H51NO4Si. The number of carbonyl (C=O) groups excluding carboxylic acids is 1. The summed E-state index contributed by atoms with van der Waals surface area (Å²) < 4.78 is 13.3. The molecule has 1 amide bonds. The minimum atomic E-state index is -2.21. The Bertz CT molecular complexity index is 1030. The molecule has 0 aliphatic heterocycles. The fraction of sp³-hybridized carbons (Fsp3) is 0.545. The Morgan fingerprint density at radius 3 is 2.08 bits per heavy atom. The van der Waals surface area contributed by atoms with Gasteiger partial charge in [-0.1, -0.05) is 90.1 Å². The van der Waals surface area contributed by atoms with Crippen molar-refractivity contribution in [1.29, 1.82) is 0 Å². The van der Waals surface area contributed by atoms with Gasteiger partial charge in [0.25, 0.3) is 8.32 Å². The lowest BCUT2D eigenvalue weighted by atomic mass is 9.92. The Balaban J connectivity index is 2.42. The lowest BCUT2D eigenvalue weighted by Crippen LogP contribution is -2.50. The number of allylic oxidation sites excluding steroid dienone is 1. The highest BCUT2D eigenvalue weighted by Gasteiger charge is 2.47. The summed E-state index contributed by atoms with van der Waals surface area (Å²) in [5.41, 5.74) is 3.03. The van der Waals surface area contributed by atoms with Crippen LogP contribution >= 0.6 is 0 Å². The van der Waals surface area contributed by atoms with Crippen molar-refractivity contribution < 1.29 is 19.1 Å². The number of nitrogens with zero attached hydrogens (tertiary/aromatic N) is 1. The van der Waals surface area contributed by atoms with Gasteiger partial charge in [0, 0.05) is 13.0 Å². The van der Waals surface area contributed by atoms with Crippen LogP contribution in [0.4, 0.5) is 0 Å². The second kappa shape index (κ2) is 14.7. The van der Waals surface area contributed by atoms with E-state index in [0.717, 1.165) is 22.6 Å². The molecule has 1 N–H and O–H groups in total. The maximum Gasteiger partial charge on any atom is 0.258 e. The Labute approximate surface area is 238 Å². The van der Waals surface area contributed by atoms with Gasteiger partial charge in [-0.2, -0.15) is 0 Å². The Kier molecular flexibility index (Phi) is 12.3. The summed E-state index contributed by atoms with van der Waals surface area (Å²) in [5.74, 6) is 1.15. The molecule has 2 aromatic carbocycles. The molecule has 0 bridgehead atoms. The number of para-hydroxylation sites is 1. The van der Waals surface area contributed by atoms with Crippen molar-refractivity contribution in [2.45, 2.75) is 97.0 Å². The third kappa shape index (κ3) is 7.55. The second-order valence-corrected chi connectivity index (χ2v) is 16.9. The molecule has 5 nitrogen and oxygen atoms in total. The van der Waals surface area contributed by atoms with Crippen LogP contribution in [-0.4, -0.2) is 43.9 Å². The molecule has 2 rings (SSSR count). The quantitative estimate of drug-likeness (QED) is 0.180. The number of rotatable bonds is 15. The zero-order valence-electron chi connectivity index (χ0n) is 25.6. The fourth-order valence-corrected chi connectivity index (χ4v) is 11.3. The normalized spacial score (nSPS) is 14.3. The third-order valence-corrected chi connectivity index (χ3v) is 14.2. The van der Waals surface area contributed by atoms with E-state index in [9.17, 15) is 9.90 Å². The van der Waals surface area contributed by atoms with Gasteiger partial charge in [-0.25, -0.2) is 0 Å². The Morgan fingerprint density at radius 1 is 0.974 bits per heavy atom. The standard InChI is InChI=1S/C33H51NO4Si/c1-11-17-29(33(36)34(10)26(9)31(35)27-18-14-13-15-19-27)22-28-20-16-21-30(32(28)37-12-2)38-39(23(3)4,24(5)6)25(7)8/h11,13-16,18-21,23-26,29,31,35H,1,12,17,22H2,2-10H3/t26-,29+,31+/m0/s1. The number of carbonyl (C=O) groups is 1. The molecule has 216 valence electrons. The molecule has 0 unspecified atom stereocenters. The number of amides is 1. The first-order chi connectivity index (χ1) is 18.4. The van der Waals surface area contributed by atoms with Crippen LogP contribution in [0.5, 0.6) is 11.5 Å². The Hall–Kier alpha value is -2.57. The van der Waals surface area contributed by atoms with Crippen LogP contribution < -0.4 is 9.16 Å². The van der Waals surface area contributed by atoms with E-state index in [2.05, 4.69) is 48.1 Å². The number of aliphatic hydroxyl groups is 1. The first kappa shape index (κ1) is 32.6. The molecule has 0 spiro atoms. The SMILES string of the molecule is C=CC[C@H](Cc1cccc(O[Si](C(C)C)(C(C)C)C(C)C)c1OCC)C(=O)N(C)[C@@H](C)[C@@H](O)c1ccccc1. The van der Waals surface area contributed by atoms with Crippen molar-refractivity contribution in [3.8, 4) is 11.5 Å². The summed E-state index contributed by atoms with van der Waals surface area (Å²) in [6.45, 7) is 21.9. The van der Waals surface area contributed by atoms with E-state index in [-0.39, 0.29) is 17.9 Å². The lowest BCUT2D eigenvalue weighted by Gasteiger charge is -2.42. The van der Waals surface area contributed by atoms with Crippen LogP contribution in [0.3, 0.4) is 0 Å². The average Bonchev–Trinajstić information content (AvgIpc) is 2.91. The maximum atomic E-state index is 13.8. The molecule has 0 fully saturated rings. The van der Waals surface area contributed by atoms with Crippen molar-refractivity contribution in [1.82, 2.24) is 4.90 Å². The minimum Gasteiger partial charge on any atom is -0.540 e. The van der Waals surface area contributed by atoms with E-state index in [1.807, 2.05) is 62.4 Å². The van der Waals surface area contributed by atoms with Gasteiger partial charge in [-0.15, -0.1) is 6.58 Å². The highest BCUT2D eigenvalue weighted by molar-refractivity contribution is 6.78. The van der Waals surface area contributed by atoms with Gasteiger partial charge in [-0.3, -0.25) is 4.79 Å². The minimum absolute atomic E-state index is 0.0265. The Morgan fingerprint density at radius 2 is 1.56 bits per heavy atom. The van der Waals surface area contributed by atoms with Crippen molar-refractivity contribution in [2.24, 2.45) is 5.92 Å². The summed E-state index contributed by atoms with van der Waals surface area (Å²) >= 11 is 0. The molecule has 0 saturated heterocycles. The summed E-state index contributed by atoms with van der Waals surface area (Å²) in [6.07, 6.45) is 2.04. The number of hydrogen-bond donors (Lipinski definition) is 1. The predicted molar refractivity (Wildman–Crippen MR) is 165 cm³/mol. The maximum absolute atomic E-state index is 13.8. The van der Waals surface area contributed by atoms with E-state index in [1.54, 1.807) is 18.0 Å². The molecule has 0 aromatic heterocycles. The molecule has 0 radical (unpaired) electrons. The fourth-order valence-electron chi connectivity index (χ4n) is 6.02. The van der Waals surface area contributed by atoms with Crippen LogP contribution in [0.15, 0.2) is 61.2 Å². The predicted octanol–water partition coefficient (Wildman–Crippen LogP) is 7.95. The molecule has 0 heterocycles. The summed E-state index contributed by atoms with van der Waals surface area (Å²) in [7, 11) is -0.436. The van der Waals surface area contributed by atoms with Gasteiger partial charge in [0.15, 0.2) is 5.75 Å². The smallest absolute Gasteiger partial charge is 0.258 e. The molecule has 0 aliphatic carbocycles. The summed E-state index contributed by atoms with van der Waals surface area (Å²) in [4.78, 5) is 15.4. The molecule has 39 heavy (non-hydrogen) atoms. The van der Waals surface area contributed by atoms with Gasteiger partial charge in [0.05, 0.1) is 18.8 Å².